The Bertz CT molecular complexity index is 1180. The molecule has 30 heavy (non-hydrogen) atoms. The van der Waals surface area contributed by atoms with Crippen LogP contribution in [0.5, 0.6) is 0 Å². The summed E-state index contributed by atoms with van der Waals surface area (Å²) in [4.78, 5) is 18.3. The van der Waals surface area contributed by atoms with Crippen LogP contribution in [0.25, 0.3) is 22.4 Å². The topological polar surface area (TPSA) is 59.2 Å². The lowest BCUT2D eigenvalue weighted by molar-refractivity contribution is -0.117. The van der Waals surface area contributed by atoms with Crippen LogP contribution in [0, 0.1) is 11.6 Å². The number of para-hydroxylation sites is 1. The highest BCUT2D eigenvalue weighted by molar-refractivity contribution is 6.04. The molecule has 4 rings (SSSR count). The molecule has 0 aliphatic rings. The largest absolute Gasteiger partial charge is 0.336 e. The number of pyridine rings is 1. The predicted molar refractivity (Wildman–Crippen MR) is 109 cm³/mol. The van der Waals surface area contributed by atoms with Crippen LogP contribution in [-0.2, 0) is 4.79 Å². The van der Waals surface area contributed by atoms with E-state index in [4.69, 9.17) is 4.52 Å². The number of benzene rings is 2. The van der Waals surface area contributed by atoms with Gasteiger partial charge in [-0.25, -0.2) is 13.7 Å². The summed E-state index contributed by atoms with van der Waals surface area (Å²) in [7, 11) is 0. The lowest BCUT2D eigenvalue weighted by Crippen LogP contribution is -2.25. The van der Waals surface area contributed by atoms with E-state index in [1.54, 1.807) is 55.7 Å². The summed E-state index contributed by atoms with van der Waals surface area (Å²) in [6.07, 6.45) is 3.33. The molecule has 0 N–H and O–H groups in total. The third-order valence-corrected chi connectivity index (χ3v) is 4.62. The van der Waals surface area contributed by atoms with Crippen LogP contribution < -0.4 is 4.90 Å². The highest BCUT2D eigenvalue weighted by Crippen LogP contribution is 2.43. The fourth-order valence-corrected chi connectivity index (χ4v) is 3.19. The molecular weight excluding hydrogens is 388 g/mol. The van der Waals surface area contributed by atoms with Crippen molar-refractivity contribution in [1.82, 2.24) is 10.1 Å². The van der Waals surface area contributed by atoms with Gasteiger partial charge in [-0.3, -0.25) is 9.78 Å². The Balaban J connectivity index is 2.00. The molecule has 0 aliphatic heterocycles. The van der Waals surface area contributed by atoms with Gasteiger partial charge in [-0.2, -0.15) is 0 Å². The van der Waals surface area contributed by atoms with Crippen LogP contribution >= 0.6 is 0 Å². The van der Waals surface area contributed by atoms with Crippen molar-refractivity contribution in [2.75, 3.05) is 4.90 Å². The molecule has 7 heteroatoms. The summed E-state index contributed by atoms with van der Waals surface area (Å²) >= 11 is 0. The number of aromatic nitrogens is 2. The number of nitrogens with zero attached hydrogens (tertiary/aromatic N) is 3. The van der Waals surface area contributed by atoms with Crippen LogP contribution in [-0.4, -0.2) is 16.0 Å². The first-order chi connectivity index (χ1) is 14.6. The number of carbonyl (C=O) groups excluding carboxylic acids is 1. The monoisotopic (exact) mass is 405 g/mol. The van der Waals surface area contributed by atoms with Gasteiger partial charge in [0.25, 0.3) is 0 Å². The summed E-state index contributed by atoms with van der Waals surface area (Å²) in [5.41, 5.74) is 1.58. The van der Waals surface area contributed by atoms with Crippen molar-refractivity contribution in [2.45, 2.75) is 13.3 Å². The van der Waals surface area contributed by atoms with Crippen molar-refractivity contribution in [2.24, 2.45) is 0 Å². The van der Waals surface area contributed by atoms with Gasteiger partial charge in [-0.1, -0.05) is 36.3 Å². The van der Waals surface area contributed by atoms with Crippen molar-refractivity contribution in [3.05, 3.63) is 84.7 Å². The normalized spacial score (nSPS) is 10.8. The standard InChI is InChI=1S/C23H17F2N3O2/c1-2-19(29)28(16-7-4-3-5-8-16)23-20(15-11-13-26-14-12-15)22(27-30-23)17-9-6-10-18(24)21(17)25/h3-14H,2H2,1H3. The molecule has 0 radical (unpaired) electrons. The van der Waals surface area contributed by atoms with Gasteiger partial charge >= 0.3 is 0 Å². The SMILES string of the molecule is CCC(=O)N(c1ccccc1)c1onc(-c2cccc(F)c2F)c1-c1ccncc1. The molecule has 0 saturated heterocycles. The van der Waals surface area contributed by atoms with E-state index in [0.29, 0.717) is 16.8 Å². The third-order valence-electron chi connectivity index (χ3n) is 4.62. The van der Waals surface area contributed by atoms with E-state index in [1.165, 1.54) is 17.0 Å². The quantitative estimate of drug-likeness (QED) is 0.424. The van der Waals surface area contributed by atoms with Gasteiger partial charge in [-0.15, -0.1) is 0 Å². The smallest absolute Gasteiger partial charge is 0.247 e. The Morgan fingerprint density at radius 2 is 1.73 bits per heavy atom. The predicted octanol–water partition coefficient (Wildman–Crippen LogP) is 5.76. The second-order valence-electron chi connectivity index (χ2n) is 6.47. The van der Waals surface area contributed by atoms with Gasteiger partial charge in [0.1, 0.15) is 5.69 Å². The third kappa shape index (κ3) is 3.45. The van der Waals surface area contributed by atoms with Crippen LogP contribution in [0.4, 0.5) is 20.4 Å². The molecule has 0 atom stereocenters. The Labute approximate surface area is 171 Å². The van der Waals surface area contributed by atoms with Crippen LogP contribution in [0.3, 0.4) is 0 Å². The minimum Gasteiger partial charge on any atom is -0.336 e. The summed E-state index contributed by atoms with van der Waals surface area (Å²) in [6, 6.07) is 16.2. The van der Waals surface area contributed by atoms with E-state index < -0.39 is 11.6 Å². The first kappa shape index (κ1) is 19.4. The van der Waals surface area contributed by atoms with Crippen molar-refractivity contribution in [1.29, 1.82) is 0 Å². The Hall–Kier alpha value is -3.87. The Morgan fingerprint density at radius 1 is 1.00 bits per heavy atom. The van der Waals surface area contributed by atoms with Gasteiger partial charge in [0, 0.05) is 24.4 Å². The lowest BCUT2D eigenvalue weighted by atomic mass is 10.0. The molecule has 2 aromatic carbocycles. The van der Waals surface area contributed by atoms with Crippen LogP contribution in [0.15, 0.2) is 77.6 Å². The minimum absolute atomic E-state index is 0.0613. The van der Waals surface area contributed by atoms with Crippen LogP contribution in [0.2, 0.25) is 0 Å². The molecule has 0 bridgehead atoms. The van der Waals surface area contributed by atoms with Crippen molar-refractivity contribution >= 4 is 17.5 Å². The number of carbonyl (C=O) groups is 1. The maximum atomic E-state index is 14.6. The summed E-state index contributed by atoms with van der Waals surface area (Å²) in [5, 5.41) is 4.03. The molecule has 0 spiro atoms. The van der Waals surface area contributed by atoms with Crippen molar-refractivity contribution in [3.63, 3.8) is 0 Å². The average molecular weight is 405 g/mol. The van der Waals surface area contributed by atoms with E-state index in [-0.39, 0.29) is 29.5 Å². The van der Waals surface area contributed by atoms with Gasteiger partial charge in [0.2, 0.25) is 11.8 Å². The van der Waals surface area contributed by atoms with Gasteiger partial charge in [0.05, 0.1) is 11.3 Å². The summed E-state index contributed by atoms with van der Waals surface area (Å²) in [5.74, 6) is -2.15. The fourth-order valence-electron chi connectivity index (χ4n) is 3.19. The number of amides is 1. The number of rotatable bonds is 5. The molecule has 150 valence electrons. The molecule has 0 fully saturated rings. The fraction of sp³-hybridized carbons (Fsp3) is 0.0870. The zero-order chi connectivity index (χ0) is 21.1. The van der Waals surface area contributed by atoms with E-state index in [0.717, 1.165) is 6.07 Å². The van der Waals surface area contributed by atoms with E-state index in [2.05, 4.69) is 10.1 Å². The van der Waals surface area contributed by atoms with Crippen LogP contribution in [0.1, 0.15) is 13.3 Å². The number of hydrogen-bond donors (Lipinski definition) is 0. The second-order valence-corrected chi connectivity index (χ2v) is 6.47. The number of halogens is 2. The van der Waals surface area contributed by atoms with E-state index in [1.807, 2.05) is 6.07 Å². The first-order valence-corrected chi connectivity index (χ1v) is 9.34. The molecule has 5 nitrogen and oxygen atoms in total. The highest BCUT2D eigenvalue weighted by atomic mass is 19.2. The van der Waals surface area contributed by atoms with E-state index >= 15 is 0 Å². The van der Waals surface area contributed by atoms with E-state index in [9.17, 15) is 13.6 Å². The minimum atomic E-state index is -1.04. The zero-order valence-corrected chi connectivity index (χ0v) is 16.0. The highest BCUT2D eigenvalue weighted by Gasteiger charge is 2.29. The molecule has 4 aromatic rings. The Kier molecular flexibility index (Phi) is 5.34. The summed E-state index contributed by atoms with van der Waals surface area (Å²) < 4.78 is 34.1. The molecule has 0 saturated carbocycles. The van der Waals surface area contributed by atoms with Crippen molar-refractivity contribution < 1.29 is 18.1 Å². The number of anilines is 2. The van der Waals surface area contributed by atoms with Gasteiger partial charge < -0.3 is 4.52 Å². The second kappa shape index (κ2) is 8.24. The summed E-state index contributed by atoms with van der Waals surface area (Å²) in [6.45, 7) is 1.73. The Morgan fingerprint density at radius 3 is 2.43 bits per heavy atom. The molecule has 2 heterocycles. The maximum absolute atomic E-state index is 14.6. The first-order valence-electron chi connectivity index (χ1n) is 9.34. The van der Waals surface area contributed by atoms with Gasteiger partial charge in [0.15, 0.2) is 11.6 Å². The number of hydrogen-bond acceptors (Lipinski definition) is 4. The lowest BCUT2D eigenvalue weighted by Gasteiger charge is -2.20. The van der Waals surface area contributed by atoms with Gasteiger partial charge in [-0.05, 0) is 42.0 Å². The molecule has 0 unspecified atom stereocenters. The van der Waals surface area contributed by atoms with Crippen molar-refractivity contribution in [3.8, 4) is 22.4 Å². The average Bonchev–Trinajstić information content (AvgIpc) is 3.21. The maximum Gasteiger partial charge on any atom is 0.247 e. The molecule has 1 amide bonds. The molecular formula is C23H17F2N3O2. The molecule has 2 aromatic heterocycles. The molecule has 0 aliphatic carbocycles. The zero-order valence-electron chi connectivity index (χ0n) is 16.0.